The number of fused-ring (bicyclic) bond motifs is 1. The highest BCUT2D eigenvalue weighted by atomic mass is 16.3. The van der Waals surface area contributed by atoms with Crippen LogP contribution in [0.1, 0.15) is 10.6 Å². The van der Waals surface area contributed by atoms with E-state index in [0.29, 0.717) is 17.6 Å². The van der Waals surface area contributed by atoms with Crippen molar-refractivity contribution in [2.75, 3.05) is 26.2 Å². The van der Waals surface area contributed by atoms with Crippen LogP contribution in [0.2, 0.25) is 0 Å². The Balaban J connectivity index is 1.72. The Kier molecular flexibility index (Phi) is 2.02. The number of hydrogen-bond acceptors (Lipinski definition) is 3. The number of likely N-dealkylation sites (tertiary alicyclic amines) is 1. The summed E-state index contributed by atoms with van der Waals surface area (Å²) in [6.07, 6.45) is 1.55. The fourth-order valence-electron chi connectivity index (χ4n) is 2.58. The molecule has 3 heterocycles. The van der Waals surface area contributed by atoms with E-state index in [4.69, 9.17) is 4.42 Å². The van der Waals surface area contributed by atoms with Gasteiger partial charge in [-0.05, 0) is 24.0 Å². The molecule has 1 amide bonds. The Morgan fingerprint density at radius 1 is 1.40 bits per heavy atom. The van der Waals surface area contributed by atoms with Gasteiger partial charge in [0.15, 0.2) is 5.76 Å². The molecule has 2 aliphatic rings. The largest absolute Gasteiger partial charge is 0.459 e. The smallest absolute Gasteiger partial charge is 0.289 e. The second kappa shape index (κ2) is 3.38. The van der Waals surface area contributed by atoms with Gasteiger partial charge in [0.25, 0.3) is 5.91 Å². The number of carbonyl (C=O) groups excluding carboxylic acids is 1. The SMILES string of the molecule is O=C(c1ccco1)N1C[C@H]2CNC[C@@H]2C1. The van der Waals surface area contributed by atoms with Crippen LogP contribution in [0.25, 0.3) is 0 Å². The van der Waals surface area contributed by atoms with Gasteiger partial charge in [0, 0.05) is 26.2 Å². The third kappa shape index (κ3) is 1.45. The molecule has 1 aromatic rings. The van der Waals surface area contributed by atoms with E-state index in [0.717, 1.165) is 26.2 Å². The van der Waals surface area contributed by atoms with Gasteiger partial charge in [0.2, 0.25) is 0 Å². The quantitative estimate of drug-likeness (QED) is 0.730. The molecule has 0 spiro atoms. The zero-order valence-corrected chi connectivity index (χ0v) is 8.48. The first-order valence-corrected chi connectivity index (χ1v) is 5.38. The maximum atomic E-state index is 12.0. The van der Waals surface area contributed by atoms with Crippen molar-refractivity contribution in [3.63, 3.8) is 0 Å². The number of nitrogens with one attached hydrogen (secondary N) is 1. The van der Waals surface area contributed by atoms with Gasteiger partial charge in [-0.25, -0.2) is 0 Å². The van der Waals surface area contributed by atoms with Gasteiger partial charge in [0.05, 0.1) is 6.26 Å². The summed E-state index contributed by atoms with van der Waals surface area (Å²) in [6, 6.07) is 3.49. The van der Waals surface area contributed by atoms with Crippen LogP contribution in [-0.4, -0.2) is 37.0 Å². The van der Waals surface area contributed by atoms with Crippen molar-refractivity contribution in [2.45, 2.75) is 0 Å². The highest BCUT2D eigenvalue weighted by Gasteiger charge is 2.38. The molecule has 4 nitrogen and oxygen atoms in total. The predicted molar refractivity (Wildman–Crippen MR) is 54.5 cm³/mol. The first kappa shape index (κ1) is 8.97. The molecule has 2 aliphatic heterocycles. The van der Waals surface area contributed by atoms with Crippen molar-refractivity contribution < 1.29 is 9.21 Å². The van der Waals surface area contributed by atoms with E-state index in [9.17, 15) is 4.79 Å². The third-order valence-corrected chi connectivity index (χ3v) is 3.41. The monoisotopic (exact) mass is 206 g/mol. The average molecular weight is 206 g/mol. The fraction of sp³-hybridized carbons (Fsp3) is 0.545. The number of carbonyl (C=O) groups is 1. The molecule has 0 aliphatic carbocycles. The van der Waals surface area contributed by atoms with E-state index in [1.807, 2.05) is 4.90 Å². The van der Waals surface area contributed by atoms with Crippen LogP contribution in [0.4, 0.5) is 0 Å². The lowest BCUT2D eigenvalue weighted by atomic mass is 10.0. The normalized spacial score (nSPS) is 29.5. The van der Waals surface area contributed by atoms with E-state index in [2.05, 4.69) is 5.32 Å². The van der Waals surface area contributed by atoms with Crippen molar-refractivity contribution in [1.82, 2.24) is 10.2 Å². The van der Waals surface area contributed by atoms with Gasteiger partial charge in [-0.3, -0.25) is 4.79 Å². The van der Waals surface area contributed by atoms with Gasteiger partial charge >= 0.3 is 0 Å². The topological polar surface area (TPSA) is 45.5 Å². The minimum absolute atomic E-state index is 0.0365. The number of nitrogens with zero attached hydrogens (tertiary/aromatic N) is 1. The molecule has 1 aromatic heterocycles. The van der Waals surface area contributed by atoms with Gasteiger partial charge in [-0.1, -0.05) is 0 Å². The average Bonchev–Trinajstić information content (AvgIpc) is 2.92. The molecule has 3 rings (SSSR count). The van der Waals surface area contributed by atoms with Crippen molar-refractivity contribution in [3.05, 3.63) is 24.2 Å². The summed E-state index contributed by atoms with van der Waals surface area (Å²) in [6.45, 7) is 3.84. The van der Waals surface area contributed by atoms with Crippen LogP contribution >= 0.6 is 0 Å². The van der Waals surface area contributed by atoms with Crippen LogP contribution < -0.4 is 5.32 Å². The summed E-state index contributed by atoms with van der Waals surface area (Å²) >= 11 is 0. The zero-order valence-electron chi connectivity index (χ0n) is 8.48. The van der Waals surface area contributed by atoms with E-state index >= 15 is 0 Å². The van der Waals surface area contributed by atoms with E-state index in [-0.39, 0.29) is 5.91 Å². The predicted octanol–water partition coefficient (Wildman–Crippen LogP) is 0.571. The lowest BCUT2D eigenvalue weighted by Crippen LogP contribution is -2.31. The summed E-state index contributed by atoms with van der Waals surface area (Å²) < 4.78 is 5.12. The highest BCUT2D eigenvalue weighted by Crippen LogP contribution is 2.27. The van der Waals surface area contributed by atoms with Crippen molar-refractivity contribution >= 4 is 5.91 Å². The van der Waals surface area contributed by atoms with Crippen molar-refractivity contribution in [1.29, 1.82) is 0 Å². The highest BCUT2D eigenvalue weighted by molar-refractivity contribution is 5.91. The minimum Gasteiger partial charge on any atom is -0.459 e. The molecular weight excluding hydrogens is 192 g/mol. The first-order valence-electron chi connectivity index (χ1n) is 5.38. The van der Waals surface area contributed by atoms with Gasteiger partial charge in [0.1, 0.15) is 0 Å². The molecule has 0 bridgehead atoms. The Hall–Kier alpha value is -1.29. The standard InChI is InChI=1S/C11H14N2O2/c14-11(10-2-1-3-15-10)13-6-8-4-12-5-9(8)7-13/h1-3,8-9,12H,4-7H2/t8-,9-/m1/s1. The third-order valence-electron chi connectivity index (χ3n) is 3.41. The first-order chi connectivity index (χ1) is 7.34. The molecule has 2 atom stereocenters. The maximum absolute atomic E-state index is 12.0. The summed E-state index contributed by atoms with van der Waals surface area (Å²) in [5.41, 5.74) is 0. The Bertz CT molecular complexity index is 349. The Morgan fingerprint density at radius 3 is 2.73 bits per heavy atom. The molecule has 4 heteroatoms. The molecule has 0 unspecified atom stereocenters. The second-order valence-corrected chi connectivity index (χ2v) is 4.37. The van der Waals surface area contributed by atoms with Crippen LogP contribution in [0.3, 0.4) is 0 Å². The summed E-state index contributed by atoms with van der Waals surface area (Å²) in [7, 11) is 0. The van der Waals surface area contributed by atoms with Crippen molar-refractivity contribution in [3.8, 4) is 0 Å². The van der Waals surface area contributed by atoms with Crippen LogP contribution in [0, 0.1) is 11.8 Å². The van der Waals surface area contributed by atoms with E-state index in [1.165, 1.54) is 0 Å². The number of furan rings is 1. The molecule has 0 aromatic carbocycles. The minimum atomic E-state index is 0.0365. The molecule has 15 heavy (non-hydrogen) atoms. The summed E-state index contributed by atoms with van der Waals surface area (Å²) in [4.78, 5) is 13.9. The second-order valence-electron chi connectivity index (χ2n) is 4.37. The fourth-order valence-corrected chi connectivity index (χ4v) is 2.58. The van der Waals surface area contributed by atoms with Gasteiger partial charge < -0.3 is 14.6 Å². The van der Waals surface area contributed by atoms with E-state index < -0.39 is 0 Å². The van der Waals surface area contributed by atoms with Gasteiger partial charge in [-0.2, -0.15) is 0 Å². The molecule has 2 saturated heterocycles. The van der Waals surface area contributed by atoms with Crippen LogP contribution in [-0.2, 0) is 0 Å². The van der Waals surface area contributed by atoms with Crippen LogP contribution in [0.15, 0.2) is 22.8 Å². The van der Waals surface area contributed by atoms with Crippen molar-refractivity contribution in [2.24, 2.45) is 11.8 Å². The summed E-state index contributed by atoms with van der Waals surface area (Å²) in [5, 5.41) is 3.36. The molecule has 1 N–H and O–H groups in total. The number of hydrogen-bond donors (Lipinski definition) is 1. The maximum Gasteiger partial charge on any atom is 0.289 e. The lowest BCUT2D eigenvalue weighted by molar-refractivity contribution is 0.0750. The Labute approximate surface area is 88.2 Å². The number of amides is 1. The molecule has 80 valence electrons. The molecule has 2 fully saturated rings. The summed E-state index contributed by atoms with van der Waals surface area (Å²) in [5.74, 6) is 1.78. The zero-order chi connectivity index (χ0) is 10.3. The molecular formula is C11H14N2O2. The number of rotatable bonds is 1. The molecule has 0 radical (unpaired) electrons. The lowest BCUT2D eigenvalue weighted by Gasteiger charge is -2.15. The van der Waals surface area contributed by atoms with Gasteiger partial charge in [-0.15, -0.1) is 0 Å². The molecule has 0 saturated carbocycles. The Morgan fingerprint density at radius 2 is 2.13 bits per heavy atom. The van der Waals surface area contributed by atoms with Crippen LogP contribution in [0.5, 0.6) is 0 Å². The van der Waals surface area contributed by atoms with E-state index in [1.54, 1.807) is 18.4 Å².